The van der Waals surface area contributed by atoms with E-state index < -0.39 is 5.97 Å². The molecule has 0 saturated carbocycles. The van der Waals surface area contributed by atoms with Gasteiger partial charge in [0.05, 0.1) is 18.3 Å². The van der Waals surface area contributed by atoms with E-state index in [0.717, 1.165) is 24.1 Å². The fraction of sp³-hybridized carbons (Fsp3) is 0.389. The molecule has 2 heterocycles. The van der Waals surface area contributed by atoms with E-state index in [1.807, 2.05) is 30.3 Å². The molecule has 3 rings (SSSR count). The van der Waals surface area contributed by atoms with Crippen molar-refractivity contribution in [2.75, 3.05) is 13.2 Å². The maximum atomic E-state index is 12.4. The van der Waals surface area contributed by atoms with Crippen molar-refractivity contribution in [3.8, 4) is 0 Å². The van der Waals surface area contributed by atoms with Crippen molar-refractivity contribution in [1.82, 2.24) is 15.1 Å². The summed E-state index contributed by atoms with van der Waals surface area (Å²) in [5.41, 5.74) is 1.89. The Hall–Kier alpha value is -2.83. The predicted molar refractivity (Wildman–Crippen MR) is 89.9 cm³/mol. The van der Waals surface area contributed by atoms with Gasteiger partial charge >= 0.3 is 12.1 Å². The van der Waals surface area contributed by atoms with Crippen LogP contribution < -0.4 is 0 Å². The summed E-state index contributed by atoms with van der Waals surface area (Å²) in [5, 5.41) is 6.83. The van der Waals surface area contributed by atoms with Crippen molar-refractivity contribution >= 4 is 12.1 Å². The summed E-state index contributed by atoms with van der Waals surface area (Å²) in [6.45, 7) is 2.89. The summed E-state index contributed by atoms with van der Waals surface area (Å²) < 4.78 is 10.4. The van der Waals surface area contributed by atoms with Crippen molar-refractivity contribution in [3.63, 3.8) is 0 Å². The molecule has 1 aromatic heterocycles. The van der Waals surface area contributed by atoms with Gasteiger partial charge in [0.2, 0.25) is 0 Å². The van der Waals surface area contributed by atoms with E-state index in [9.17, 15) is 9.59 Å². The number of benzene rings is 1. The largest absolute Gasteiger partial charge is 0.461 e. The summed E-state index contributed by atoms with van der Waals surface area (Å²) in [4.78, 5) is 25.8. The number of amides is 1. The lowest BCUT2D eigenvalue weighted by Crippen LogP contribution is -2.31. The van der Waals surface area contributed by atoms with Gasteiger partial charge in [-0.25, -0.2) is 9.59 Å². The molecule has 0 radical (unpaired) electrons. The minimum atomic E-state index is -0.471. The van der Waals surface area contributed by atoms with E-state index in [1.165, 1.54) is 0 Å². The Kier molecular flexibility index (Phi) is 5.33. The van der Waals surface area contributed by atoms with Crippen LogP contribution >= 0.6 is 0 Å². The Balaban J connectivity index is 1.64. The molecule has 0 aliphatic carbocycles. The maximum absolute atomic E-state index is 12.4. The summed E-state index contributed by atoms with van der Waals surface area (Å²) in [6.07, 6.45) is 1.31. The number of aromatic amines is 1. The molecule has 2 aromatic rings. The van der Waals surface area contributed by atoms with Crippen molar-refractivity contribution in [2.45, 2.75) is 32.4 Å². The van der Waals surface area contributed by atoms with Crippen LogP contribution in [0.5, 0.6) is 0 Å². The molecular formula is C18H21N3O4. The predicted octanol–water partition coefficient (Wildman–Crippen LogP) is 3.06. The number of likely N-dealkylation sites (tertiary alicyclic amines) is 1. The molecule has 0 spiro atoms. The van der Waals surface area contributed by atoms with Gasteiger partial charge in [0, 0.05) is 6.54 Å². The van der Waals surface area contributed by atoms with E-state index in [2.05, 4.69) is 10.2 Å². The van der Waals surface area contributed by atoms with Crippen molar-refractivity contribution in [3.05, 3.63) is 53.3 Å². The Morgan fingerprint density at radius 3 is 2.84 bits per heavy atom. The SMILES string of the molecule is CCOC(=O)c1cc([C@@H]2CCCN2C(=O)OCc2ccccc2)[nH]n1. The number of carbonyl (C=O) groups is 2. The zero-order valence-electron chi connectivity index (χ0n) is 14.1. The van der Waals surface area contributed by atoms with E-state index in [1.54, 1.807) is 17.9 Å². The average molecular weight is 343 g/mol. The first-order valence-electron chi connectivity index (χ1n) is 8.38. The topological polar surface area (TPSA) is 84.5 Å². The third-order valence-corrected chi connectivity index (χ3v) is 4.13. The van der Waals surface area contributed by atoms with E-state index >= 15 is 0 Å². The van der Waals surface area contributed by atoms with Gasteiger partial charge in [-0.1, -0.05) is 30.3 Å². The minimum absolute atomic E-state index is 0.168. The highest BCUT2D eigenvalue weighted by Gasteiger charge is 2.33. The highest BCUT2D eigenvalue weighted by molar-refractivity contribution is 5.87. The quantitative estimate of drug-likeness (QED) is 0.844. The number of hydrogen-bond acceptors (Lipinski definition) is 5. The third kappa shape index (κ3) is 3.99. The van der Waals surface area contributed by atoms with Crippen molar-refractivity contribution in [2.24, 2.45) is 0 Å². The highest BCUT2D eigenvalue weighted by Crippen LogP contribution is 2.31. The lowest BCUT2D eigenvalue weighted by molar-refractivity contribution is 0.0519. The number of esters is 1. The second kappa shape index (κ2) is 7.83. The fourth-order valence-electron chi connectivity index (χ4n) is 2.93. The summed E-state index contributed by atoms with van der Waals surface area (Å²) in [5.74, 6) is -0.471. The molecular weight excluding hydrogens is 322 g/mol. The first-order valence-corrected chi connectivity index (χ1v) is 8.38. The number of aromatic nitrogens is 2. The standard InChI is InChI=1S/C18H21N3O4/c1-2-24-17(22)15-11-14(19-20-15)16-9-6-10-21(16)18(23)25-12-13-7-4-3-5-8-13/h3-5,7-8,11,16H,2,6,9-10,12H2,1H3,(H,19,20)/t16-/m0/s1. The molecule has 1 atom stereocenters. The number of H-pyrrole nitrogens is 1. The van der Waals surface area contributed by atoms with Gasteiger partial charge in [-0.2, -0.15) is 5.10 Å². The second-order valence-corrected chi connectivity index (χ2v) is 5.82. The molecule has 25 heavy (non-hydrogen) atoms. The zero-order chi connectivity index (χ0) is 17.6. The lowest BCUT2D eigenvalue weighted by atomic mass is 10.1. The summed E-state index contributed by atoms with van der Waals surface area (Å²) in [7, 11) is 0. The number of hydrogen-bond donors (Lipinski definition) is 1. The van der Waals surface area contributed by atoms with Gasteiger partial charge in [0.15, 0.2) is 5.69 Å². The lowest BCUT2D eigenvalue weighted by Gasteiger charge is -2.23. The van der Waals surface area contributed by atoms with Crippen LogP contribution in [0.15, 0.2) is 36.4 Å². The number of carbonyl (C=O) groups excluding carboxylic acids is 2. The molecule has 0 unspecified atom stereocenters. The van der Waals surface area contributed by atoms with Crippen LogP contribution in [0.25, 0.3) is 0 Å². The molecule has 1 amide bonds. The zero-order valence-corrected chi connectivity index (χ0v) is 14.1. The average Bonchev–Trinajstić information content (AvgIpc) is 3.29. The Bertz CT molecular complexity index is 729. The molecule has 7 nitrogen and oxygen atoms in total. The smallest absolute Gasteiger partial charge is 0.410 e. The fourth-order valence-corrected chi connectivity index (χ4v) is 2.93. The summed E-state index contributed by atoms with van der Waals surface area (Å²) in [6, 6.07) is 11.0. The monoisotopic (exact) mass is 343 g/mol. The molecule has 1 aliphatic heterocycles. The minimum Gasteiger partial charge on any atom is -0.461 e. The first-order chi connectivity index (χ1) is 12.2. The van der Waals surface area contributed by atoms with Crippen LogP contribution in [0, 0.1) is 0 Å². The van der Waals surface area contributed by atoms with Crippen LogP contribution in [-0.4, -0.2) is 40.3 Å². The van der Waals surface area contributed by atoms with Crippen molar-refractivity contribution in [1.29, 1.82) is 0 Å². The van der Waals surface area contributed by atoms with E-state index in [0.29, 0.717) is 13.2 Å². The van der Waals surface area contributed by atoms with Crippen LogP contribution in [-0.2, 0) is 16.1 Å². The van der Waals surface area contributed by atoms with Gasteiger partial charge in [-0.3, -0.25) is 10.00 Å². The van der Waals surface area contributed by atoms with Gasteiger partial charge in [0.1, 0.15) is 6.61 Å². The van der Waals surface area contributed by atoms with Crippen LogP contribution in [0.4, 0.5) is 4.79 Å². The Morgan fingerprint density at radius 2 is 2.08 bits per heavy atom. The first kappa shape index (κ1) is 17.0. The van der Waals surface area contributed by atoms with E-state index in [4.69, 9.17) is 9.47 Å². The van der Waals surface area contributed by atoms with Crippen LogP contribution in [0.3, 0.4) is 0 Å². The maximum Gasteiger partial charge on any atom is 0.410 e. The molecule has 1 aliphatic rings. The van der Waals surface area contributed by atoms with Gasteiger partial charge in [-0.05, 0) is 31.4 Å². The number of ether oxygens (including phenoxy) is 2. The van der Waals surface area contributed by atoms with E-state index in [-0.39, 0.29) is 24.4 Å². The highest BCUT2D eigenvalue weighted by atomic mass is 16.6. The van der Waals surface area contributed by atoms with Gasteiger partial charge in [0.25, 0.3) is 0 Å². The molecule has 132 valence electrons. The molecule has 1 aromatic carbocycles. The number of rotatable bonds is 5. The third-order valence-electron chi connectivity index (χ3n) is 4.13. The van der Waals surface area contributed by atoms with Gasteiger partial charge < -0.3 is 9.47 Å². The van der Waals surface area contributed by atoms with Crippen LogP contribution in [0.2, 0.25) is 0 Å². The van der Waals surface area contributed by atoms with Crippen LogP contribution in [0.1, 0.15) is 47.6 Å². The molecule has 1 saturated heterocycles. The molecule has 1 fully saturated rings. The molecule has 7 heteroatoms. The number of nitrogens with zero attached hydrogens (tertiary/aromatic N) is 2. The normalized spacial score (nSPS) is 16.7. The number of nitrogens with one attached hydrogen (secondary N) is 1. The second-order valence-electron chi connectivity index (χ2n) is 5.82. The van der Waals surface area contributed by atoms with Gasteiger partial charge in [-0.15, -0.1) is 0 Å². The Morgan fingerprint density at radius 1 is 1.28 bits per heavy atom. The molecule has 0 bridgehead atoms. The molecule has 1 N–H and O–H groups in total. The Labute approximate surface area is 145 Å². The van der Waals surface area contributed by atoms with Crippen molar-refractivity contribution < 1.29 is 19.1 Å². The summed E-state index contributed by atoms with van der Waals surface area (Å²) >= 11 is 0.